The SMILES string of the molecule is NC(=O)CN(CC(N)=O)Cc1ccc(N)cc1. The molecule has 0 saturated heterocycles. The van der Waals surface area contributed by atoms with E-state index in [1.807, 2.05) is 12.1 Å². The van der Waals surface area contributed by atoms with Gasteiger partial charge in [-0.1, -0.05) is 12.1 Å². The van der Waals surface area contributed by atoms with Crippen LogP contribution in [0.15, 0.2) is 24.3 Å². The number of rotatable bonds is 6. The number of amides is 2. The van der Waals surface area contributed by atoms with E-state index in [1.165, 1.54) is 0 Å². The number of carbonyl (C=O) groups excluding carboxylic acids is 2. The highest BCUT2D eigenvalue weighted by atomic mass is 16.2. The molecule has 1 aromatic rings. The Labute approximate surface area is 99.4 Å². The van der Waals surface area contributed by atoms with Crippen LogP contribution in [-0.2, 0) is 16.1 Å². The van der Waals surface area contributed by atoms with Gasteiger partial charge in [0, 0.05) is 12.2 Å². The Morgan fingerprint density at radius 1 is 1.00 bits per heavy atom. The summed E-state index contributed by atoms with van der Waals surface area (Å²) in [6.07, 6.45) is 0. The molecule has 0 aliphatic heterocycles. The van der Waals surface area contributed by atoms with Crippen molar-refractivity contribution in [2.75, 3.05) is 18.8 Å². The van der Waals surface area contributed by atoms with Gasteiger partial charge in [0.15, 0.2) is 0 Å². The van der Waals surface area contributed by atoms with E-state index in [4.69, 9.17) is 17.2 Å². The average molecular weight is 236 g/mol. The van der Waals surface area contributed by atoms with Crippen molar-refractivity contribution < 1.29 is 9.59 Å². The maximum atomic E-state index is 10.8. The predicted octanol–water partition coefficient (Wildman–Crippen LogP) is -0.959. The Morgan fingerprint density at radius 2 is 1.47 bits per heavy atom. The van der Waals surface area contributed by atoms with Crippen LogP contribution in [0.2, 0.25) is 0 Å². The van der Waals surface area contributed by atoms with Crippen LogP contribution in [0.3, 0.4) is 0 Å². The summed E-state index contributed by atoms with van der Waals surface area (Å²) in [5, 5.41) is 0. The highest BCUT2D eigenvalue weighted by Gasteiger charge is 2.11. The van der Waals surface area contributed by atoms with Crippen LogP contribution in [0.4, 0.5) is 5.69 Å². The summed E-state index contributed by atoms with van der Waals surface area (Å²) in [5.74, 6) is -0.997. The summed E-state index contributed by atoms with van der Waals surface area (Å²) in [6.45, 7) is 0.410. The number of nitrogens with zero attached hydrogens (tertiary/aromatic N) is 1. The summed E-state index contributed by atoms with van der Waals surface area (Å²) < 4.78 is 0. The van der Waals surface area contributed by atoms with Crippen LogP contribution < -0.4 is 17.2 Å². The van der Waals surface area contributed by atoms with Gasteiger partial charge in [-0.2, -0.15) is 0 Å². The Kier molecular flexibility index (Phi) is 4.47. The quantitative estimate of drug-likeness (QED) is 0.552. The van der Waals surface area contributed by atoms with Gasteiger partial charge in [-0.25, -0.2) is 0 Å². The molecule has 0 spiro atoms. The summed E-state index contributed by atoms with van der Waals surface area (Å²) in [5.41, 5.74) is 17.3. The monoisotopic (exact) mass is 236 g/mol. The molecule has 6 heteroatoms. The fourth-order valence-corrected chi connectivity index (χ4v) is 1.49. The van der Waals surface area contributed by atoms with Crippen molar-refractivity contribution in [3.05, 3.63) is 29.8 Å². The Morgan fingerprint density at radius 3 is 1.88 bits per heavy atom. The molecule has 6 nitrogen and oxygen atoms in total. The third-order valence-electron chi connectivity index (χ3n) is 2.14. The first-order chi connectivity index (χ1) is 7.97. The van der Waals surface area contributed by atoms with Crippen LogP contribution >= 0.6 is 0 Å². The minimum absolute atomic E-state index is 0.00663. The lowest BCUT2D eigenvalue weighted by Gasteiger charge is -2.18. The largest absolute Gasteiger partial charge is 0.399 e. The van der Waals surface area contributed by atoms with Crippen molar-refractivity contribution in [1.82, 2.24) is 4.90 Å². The van der Waals surface area contributed by atoms with Gasteiger partial charge in [0.25, 0.3) is 0 Å². The number of carbonyl (C=O) groups is 2. The van der Waals surface area contributed by atoms with Crippen LogP contribution in [-0.4, -0.2) is 29.8 Å². The minimum Gasteiger partial charge on any atom is -0.399 e. The van der Waals surface area contributed by atoms with E-state index in [1.54, 1.807) is 17.0 Å². The molecule has 0 aliphatic rings. The van der Waals surface area contributed by atoms with E-state index in [0.29, 0.717) is 12.2 Å². The van der Waals surface area contributed by atoms with E-state index in [9.17, 15) is 9.59 Å². The van der Waals surface area contributed by atoms with Crippen molar-refractivity contribution >= 4 is 17.5 Å². The molecule has 0 heterocycles. The highest BCUT2D eigenvalue weighted by molar-refractivity contribution is 5.79. The topological polar surface area (TPSA) is 115 Å². The zero-order valence-electron chi connectivity index (χ0n) is 9.43. The van der Waals surface area contributed by atoms with Crippen LogP contribution in [0.1, 0.15) is 5.56 Å². The summed E-state index contributed by atoms with van der Waals surface area (Å²) in [4.78, 5) is 23.3. The zero-order chi connectivity index (χ0) is 12.8. The second-order valence-corrected chi connectivity index (χ2v) is 3.82. The third kappa shape index (κ3) is 4.98. The lowest BCUT2D eigenvalue weighted by Crippen LogP contribution is -2.39. The highest BCUT2D eigenvalue weighted by Crippen LogP contribution is 2.08. The molecule has 0 fully saturated rings. The molecule has 0 saturated carbocycles. The molecule has 2 amide bonds. The van der Waals surface area contributed by atoms with Crippen molar-refractivity contribution in [3.8, 4) is 0 Å². The first-order valence-electron chi connectivity index (χ1n) is 5.10. The second-order valence-electron chi connectivity index (χ2n) is 3.82. The van der Waals surface area contributed by atoms with Crippen molar-refractivity contribution in [3.63, 3.8) is 0 Å². The second kappa shape index (κ2) is 5.86. The van der Waals surface area contributed by atoms with Crippen molar-refractivity contribution in [2.24, 2.45) is 11.5 Å². The van der Waals surface area contributed by atoms with Gasteiger partial charge < -0.3 is 17.2 Å². The van der Waals surface area contributed by atoms with E-state index < -0.39 is 11.8 Å². The Balaban J connectivity index is 2.67. The molecule has 0 aromatic heterocycles. The molecule has 6 N–H and O–H groups in total. The molecule has 0 atom stereocenters. The molecule has 1 aromatic carbocycles. The van der Waals surface area contributed by atoms with E-state index >= 15 is 0 Å². The number of hydrogen-bond acceptors (Lipinski definition) is 4. The molecular formula is C11H16N4O2. The Bertz CT molecular complexity index is 386. The lowest BCUT2D eigenvalue weighted by atomic mass is 10.2. The summed E-state index contributed by atoms with van der Waals surface area (Å²) >= 11 is 0. The maximum Gasteiger partial charge on any atom is 0.231 e. The normalized spacial score (nSPS) is 10.4. The molecule has 0 radical (unpaired) electrons. The third-order valence-corrected chi connectivity index (χ3v) is 2.14. The van der Waals surface area contributed by atoms with Crippen LogP contribution in [0.5, 0.6) is 0 Å². The van der Waals surface area contributed by atoms with Gasteiger partial charge in [0.05, 0.1) is 13.1 Å². The summed E-state index contributed by atoms with van der Waals surface area (Å²) in [6, 6.07) is 7.15. The first-order valence-corrected chi connectivity index (χ1v) is 5.10. The van der Waals surface area contributed by atoms with Gasteiger partial charge in [-0.3, -0.25) is 14.5 Å². The van der Waals surface area contributed by atoms with Gasteiger partial charge in [0.2, 0.25) is 11.8 Å². The minimum atomic E-state index is -0.498. The van der Waals surface area contributed by atoms with Crippen molar-refractivity contribution in [1.29, 1.82) is 0 Å². The van der Waals surface area contributed by atoms with E-state index in [2.05, 4.69) is 0 Å². The predicted molar refractivity (Wildman–Crippen MR) is 64.5 cm³/mol. The molecule has 0 aliphatic carbocycles. The smallest absolute Gasteiger partial charge is 0.231 e. The number of anilines is 1. The number of nitrogen functional groups attached to an aromatic ring is 1. The maximum absolute atomic E-state index is 10.8. The molecule has 92 valence electrons. The van der Waals surface area contributed by atoms with Gasteiger partial charge >= 0.3 is 0 Å². The van der Waals surface area contributed by atoms with E-state index in [-0.39, 0.29) is 13.1 Å². The fourth-order valence-electron chi connectivity index (χ4n) is 1.49. The Hall–Kier alpha value is -2.08. The van der Waals surface area contributed by atoms with Crippen LogP contribution in [0.25, 0.3) is 0 Å². The molecule has 0 unspecified atom stereocenters. The summed E-state index contributed by atoms with van der Waals surface area (Å²) in [7, 11) is 0. The van der Waals surface area contributed by atoms with Gasteiger partial charge in [-0.15, -0.1) is 0 Å². The number of primary amides is 2. The molecule has 0 bridgehead atoms. The molecule has 1 rings (SSSR count). The first kappa shape index (κ1) is 13.0. The average Bonchev–Trinajstić information content (AvgIpc) is 2.19. The molecule has 17 heavy (non-hydrogen) atoms. The fraction of sp³-hybridized carbons (Fsp3) is 0.273. The van der Waals surface area contributed by atoms with Crippen LogP contribution in [0, 0.1) is 0 Å². The number of benzene rings is 1. The number of nitrogens with two attached hydrogens (primary N) is 3. The van der Waals surface area contributed by atoms with Gasteiger partial charge in [0.1, 0.15) is 0 Å². The zero-order valence-corrected chi connectivity index (χ0v) is 9.43. The molecular weight excluding hydrogens is 220 g/mol. The standard InChI is InChI=1S/C11H16N4O2/c12-9-3-1-8(2-4-9)5-15(6-10(13)16)7-11(14)17/h1-4H,5-7,12H2,(H2,13,16)(H2,14,17). The van der Waals surface area contributed by atoms with Gasteiger partial charge in [-0.05, 0) is 17.7 Å². The van der Waals surface area contributed by atoms with Crippen molar-refractivity contribution in [2.45, 2.75) is 6.54 Å². The number of hydrogen-bond donors (Lipinski definition) is 3. The lowest BCUT2D eigenvalue weighted by molar-refractivity contribution is -0.122. The van der Waals surface area contributed by atoms with E-state index in [0.717, 1.165) is 5.56 Å².